The van der Waals surface area contributed by atoms with Gasteiger partial charge in [-0.2, -0.15) is 0 Å². The molecule has 2 atom stereocenters. The normalized spacial score (nSPS) is 13.0. The minimum Gasteiger partial charge on any atom is -0.480 e. The van der Waals surface area contributed by atoms with Crippen LogP contribution in [0.3, 0.4) is 0 Å². The molecule has 0 aromatic heterocycles. The van der Waals surface area contributed by atoms with Gasteiger partial charge in [0.15, 0.2) is 0 Å². The number of carboxylic acids is 1. The number of nitrogens with two attached hydrogens (primary N) is 2. The minimum atomic E-state index is -1.14. The van der Waals surface area contributed by atoms with Crippen LogP contribution in [0.5, 0.6) is 0 Å². The van der Waals surface area contributed by atoms with Gasteiger partial charge in [-0.25, -0.2) is 4.79 Å². The predicted molar refractivity (Wildman–Crippen MR) is 95.9 cm³/mol. The monoisotopic (exact) mass is 373 g/mol. The van der Waals surface area contributed by atoms with Crippen LogP contribution in [0.15, 0.2) is 0 Å². The Morgan fingerprint density at radius 2 is 1.58 bits per heavy atom. The summed E-state index contributed by atoms with van der Waals surface area (Å²) in [6.07, 6.45) is 1.88. The molecule has 0 aliphatic rings. The van der Waals surface area contributed by atoms with Crippen molar-refractivity contribution < 1.29 is 24.3 Å². The number of hydrogen-bond acceptors (Lipinski definition) is 6. The highest BCUT2D eigenvalue weighted by Gasteiger charge is 2.23. The van der Waals surface area contributed by atoms with Crippen molar-refractivity contribution in [2.24, 2.45) is 17.4 Å². The summed E-state index contributed by atoms with van der Waals surface area (Å²) < 4.78 is 0. The lowest BCUT2D eigenvalue weighted by Gasteiger charge is -2.20. The van der Waals surface area contributed by atoms with Crippen molar-refractivity contribution >= 4 is 23.7 Å². The summed E-state index contributed by atoms with van der Waals surface area (Å²) >= 11 is 0. The van der Waals surface area contributed by atoms with Crippen LogP contribution in [-0.4, -0.2) is 60.5 Å². The SMILES string of the molecule is CC(C)CC(NC(=O)CN)C(=O)NCC(=O)NC(CCCCN)C(=O)O. The second-order valence-corrected chi connectivity index (χ2v) is 6.41. The standard InChI is InChI=1S/C16H31N5O5/c1-10(2)7-12(21-13(22)8-18)15(24)19-9-14(23)20-11(16(25)26)5-3-4-6-17/h10-12H,3-9,17-18H2,1-2H3,(H,19,24)(H,20,23)(H,21,22)(H,25,26). The average molecular weight is 373 g/mol. The fourth-order valence-electron chi connectivity index (χ4n) is 2.24. The van der Waals surface area contributed by atoms with Gasteiger partial charge in [0.1, 0.15) is 12.1 Å². The lowest BCUT2D eigenvalue weighted by molar-refractivity contribution is -0.142. The van der Waals surface area contributed by atoms with Crippen LogP contribution < -0.4 is 27.4 Å². The maximum Gasteiger partial charge on any atom is 0.326 e. The zero-order chi connectivity index (χ0) is 20.1. The Bertz CT molecular complexity index is 484. The van der Waals surface area contributed by atoms with E-state index in [1.54, 1.807) is 0 Å². The number of carboxylic acid groups (broad SMARTS) is 1. The summed E-state index contributed by atoms with van der Waals surface area (Å²) in [7, 11) is 0. The Balaban J connectivity index is 4.55. The summed E-state index contributed by atoms with van der Waals surface area (Å²) in [5.41, 5.74) is 10.6. The van der Waals surface area contributed by atoms with Crippen molar-refractivity contribution in [1.29, 1.82) is 0 Å². The van der Waals surface area contributed by atoms with E-state index in [0.717, 1.165) is 0 Å². The number of carbonyl (C=O) groups is 4. The van der Waals surface area contributed by atoms with E-state index in [2.05, 4.69) is 16.0 Å². The third-order valence-corrected chi connectivity index (χ3v) is 3.55. The first-order valence-electron chi connectivity index (χ1n) is 8.70. The van der Waals surface area contributed by atoms with E-state index in [0.29, 0.717) is 25.8 Å². The van der Waals surface area contributed by atoms with Gasteiger partial charge in [0.2, 0.25) is 17.7 Å². The molecule has 0 radical (unpaired) electrons. The molecule has 2 unspecified atom stereocenters. The van der Waals surface area contributed by atoms with Crippen LogP contribution >= 0.6 is 0 Å². The third kappa shape index (κ3) is 10.6. The molecule has 0 saturated heterocycles. The van der Waals surface area contributed by atoms with E-state index in [4.69, 9.17) is 16.6 Å². The number of nitrogens with one attached hydrogen (secondary N) is 3. The van der Waals surface area contributed by atoms with Gasteiger partial charge in [0.25, 0.3) is 0 Å². The van der Waals surface area contributed by atoms with Crippen molar-refractivity contribution in [1.82, 2.24) is 16.0 Å². The molecule has 0 aliphatic carbocycles. The van der Waals surface area contributed by atoms with E-state index in [-0.39, 0.29) is 25.4 Å². The number of rotatable bonds is 13. The van der Waals surface area contributed by atoms with E-state index >= 15 is 0 Å². The van der Waals surface area contributed by atoms with Crippen molar-refractivity contribution in [2.75, 3.05) is 19.6 Å². The van der Waals surface area contributed by atoms with Crippen LogP contribution in [0.4, 0.5) is 0 Å². The molecule has 150 valence electrons. The molecule has 3 amide bonds. The van der Waals surface area contributed by atoms with E-state index < -0.39 is 35.8 Å². The Labute approximate surface area is 153 Å². The van der Waals surface area contributed by atoms with Crippen LogP contribution in [0.2, 0.25) is 0 Å². The topological polar surface area (TPSA) is 177 Å². The van der Waals surface area contributed by atoms with Crippen molar-refractivity contribution in [2.45, 2.75) is 51.6 Å². The molecule has 0 saturated carbocycles. The van der Waals surface area contributed by atoms with Crippen LogP contribution in [0, 0.1) is 5.92 Å². The molecule has 10 nitrogen and oxygen atoms in total. The van der Waals surface area contributed by atoms with Crippen molar-refractivity contribution in [3.05, 3.63) is 0 Å². The fraction of sp³-hybridized carbons (Fsp3) is 0.750. The van der Waals surface area contributed by atoms with Gasteiger partial charge >= 0.3 is 5.97 Å². The molecule has 8 N–H and O–H groups in total. The number of carbonyl (C=O) groups excluding carboxylic acids is 3. The largest absolute Gasteiger partial charge is 0.480 e. The first kappa shape index (κ1) is 23.8. The maximum absolute atomic E-state index is 12.2. The lowest BCUT2D eigenvalue weighted by atomic mass is 10.0. The third-order valence-electron chi connectivity index (χ3n) is 3.55. The van der Waals surface area contributed by atoms with Gasteiger partial charge in [-0.3, -0.25) is 14.4 Å². The molecule has 0 bridgehead atoms. The first-order valence-corrected chi connectivity index (χ1v) is 8.70. The molecule has 0 spiro atoms. The number of unbranched alkanes of at least 4 members (excludes halogenated alkanes) is 1. The zero-order valence-electron chi connectivity index (χ0n) is 15.4. The Morgan fingerprint density at radius 3 is 2.08 bits per heavy atom. The van der Waals surface area contributed by atoms with Crippen molar-refractivity contribution in [3.8, 4) is 0 Å². The van der Waals surface area contributed by atoms with E-state index in [1.165, 1.54) is 0 Å². The van der Waals surface area contributed by atoms with Crippen molar-refractivity contribution in [3.63, 3.8) is 0 Å². The zero-order valence-corrected chi connectivity index (χ0v) is 15.4. The minimum absolute atomic E-state index is 0.136. The lowest BCUT2D eigenvalue weighted by Crippen LogP contribution is -2.52. The average Bonchev–Trinajstić information content (AvgIpc) is 2.57. The number of hydrogen-bond donors (Lipinski definition) is 6. The van der Waals surface area contributed by atoms with Gasteiger partial charge in [-0.15, -0.1) is 0 Å². The summed E-state index contributed by atoms with van der Waals surface area (Å²) in [4.78, 5) is 46.7. The maximum atomic E-state index is 12.2. The molecule has 0 aromatic rings. The fourth-order valence-corrected chi connectivity index (χ4v) is 2.24. The van der Waals surface area contributed by atoms with E-state index in [1.807, 2.05) is 13.8 Å². The van der Waals surface area contributed by atoms with Gasteiger partial charge in [0.05, 0.1) is 13.1 Å². The Kier molecular flexibility index (Phi) is 12.0. The van der Waals surface area contributed by atoms with Gasteiger partial charge < -0.3 is 32.5 Å². The number of amides is 3. The van der Waals surface area contributed by atoms with Gasteiger partial charge in [-0.05, 0) is 38.1 Å². The predicted octanol–water partition coefficient (Wildman–Crippen LogP) is -1.71. The molecule has 26 heavy (non-hydrogen) atoms. The highest BCUT2D eigenvalue weighted by atomic mass is 16.4. The highest BCUT2D eigenvalue weighted by Crippen LogP contribution is 2.05. The van der Waals surface area contributed by atoms with Gasteiger partial charge in [-0.1, -0.05) is 13.8 Å². The number of aliphatic carboxylic acids is 1. The highest BCUT2D eigenvalue weighted by molar-refractivity contribution is 5.91. The van der Waals surface area contributed by atoms with Crippen LogP contribution in [0.1, 0.15) is 39.5 Å². The van der Waals surface area contributed by atoms with Crippen LogP contribution in [-0.2, 0) is 19.2 Å². The summed E-state index contributed by atoms with van der Waals surface area (Å²) in [5, 5.41) is 16.4. The molecule has 0 fully saturated rings. The molecule has 0 heterocycles. The first-order chi connectivity index (χ1) is 12.2. The second-order valence-electron chi connectivity index (χ2n) is 6.41. The van der Waals surface area contributed by atoms with E-state index in [9.17, 15) is 19.2 Å². The summed E-state index contributed by atoms with van der Waals surface area (Å²) in [6, 6.07) is -1.84. The summed E-state index contributed by atoms with van der Waals surface area (Å²) in [5.74, 6) is -2.62. The molecular formula is C16H31N5O5. The smallest absolute Gasteiger partial charge is 0.326 e. The van der Waals surface area contributed by atoms with Crippen LogP contribution in [0.25, 0.3) is 0 Å². The molecule has 0 rings (SSSR count). The Hall–Kier alpha value is -2.20. The molecule has 10 heteroatoms. The molecule has 0 aliphatic heterocycles. The molecule has 0 aromatic carbocycles. The van der Waals surface area contributed by atoms with Gasteiger partial charge in [0, 0.05) is 0 Å². The quantitative estimate of drug-likeness (QED) is 0.208. The Morgan fingerprint density at radius 1 is 0.962 bits per heavy atom. The summed E-state index contributed by atoms with van der Waals surface area (Å²) in [6.45, 7) is 3.60. The second kappa shape index (κ2) is 13.1. The molecular weight excluding hydrogens is 342 g/mol.